The van der Waals surface area contributed by atoms with Gasteiger partial charge in [-0.05, 0) is 87.4 Å². The van der Waals surface area contributed by atoms with Crippen molar-refractivity contribution >= 4 is 65.4 Å². The molecule has 0 saturated carbocycles. The molecule has 10 aromatic rings. The highest BCUT2D eigenvalue weighted by Gasteiger charge is 2.24. The van der Waals surface area contributed by atoms with Crippen molar-refractivity contribution in [2.75, 3.05) is 0 Å². The summed E-state index contributed by atoms with van der Waals surface area (Å²) < 4.78 is 118. The SMILES string of the molecule is [2H]c1cc2c3ccc(C(C)(C)C)cc3n(-c3c([2H])c(-n4c5cc(C(C)(C)C)ccc5c5cc([2H])c([2H])c([2H])c54)c([2H])c(-n4c5cc(C(C)(C)C)ccc5c5cc([2H])c([2H])c([2H])c54)c3[2H])c2c([2H])c1[2H]. The van der Waals surface area contributed by atoms with Gasteiger partial charge in [-0.15, -0.1) is 0 Å². The number of rotatable bonds is 3. The first-order chi connectivity index (χ1) is 32.1. The molecule has 3 heterocycles. The number of nitrogens with zero attached hydrogens (tertiary/aromatic N) is 3. The van der Waals surface area contributed by atoms with Crippen molar-refractivity contribution < 1.29 is 16.4 Å². The molecule has 0 aliphatic heterocycles. The third-order valence-corrected chi connectivity index (χ3v) is 11.4. The van der Waals surface area contributed by atoms with Gasteiger partial charge in [0.15, 0.2) is 0 Å². The van der Waals surface area contributed by atoms with E-state index in [1.54, 1.807) is 13.7 Å². The van der Waals surface area contributed by atoms with Gasteiger partial charge < -0.3 is 13.7 Å². The first-order valence-corrected chi connectivity index (χ1v) is 19.5. The number of hydrogen-bond donors (Lipinski definition) is 0. The molecule has 7 aromatic carbocycles. The van der Waals surface area contributed by atoms with E-state index in [1.807, 2.05) is 54.6 Å². The minimum atomic E-state index is -0.388. The highest BCUT2D eigenvalue weighted by atomic mass is 15.0. The van der Waals surface area contributed by atoms with Gasteiger partial charge in [0.2, 0.25) is 0 Å². The molecule has 0 saturated heterocycles. The summed E-state index contributed by atoms with van der Waals surface area (Å²) in [7, 11) is 0. The smallest absolute Gasteiger partial charge is 0.0667 e. The Morgan fingerprint density at radius 3 is 0.860 bits per heavy atom. The van der Waals surface area contributed by atoms with Gasteiger partial charge in [0, 0.05) is 32.3 Å². The molecule has 0 unspecified atom stereocenters. The molecule has 0 atom stereocenters. The maximum absolute atomic E-state index is 10.6. The lowest BCUT2D eigenvalue weighted by molar-refractivity contribution is 0.590. The van der Waals surface area contributed by atoms with E-state index in [9.17, 15) is 8.22 Å². The third kappa shape index (κ3) is 5.54. The van der Waals surface area contributed by atoms with Gasteiger partial charge in [0.25, 0.3) is 0 Å². The maximum atomic E-state index is 10.6. The summed E-state index contributed by atoms with van der Waals surface area (Å²) in [5.41, 5.74) is 3.26. The fraction of sp³-hybridized carbons (Fsp3) is 0.222. The number of fused-ring (bicyclic) bond motifs is 9. The van der Waals surface area contributed by atoms with Crippen molar-refractivity contribution in [1.29, 1.82) is 0 Å². The summed E-state index contributed by atoms with van der Waals surface area (Å²) in [4.78, 5) is 0. The number of para-hydroxylation sites is 3. The summed E-state index contributed by atoms with van der Waals surface area (Å²) in [6, 6.07) is 18.5. The molecular weight excluding hydrogens is 691 g/mol. The topological polar surface area (TPSA) is 14.8 Å². The second kappa shape index (κ2) is 12.2. The molecule has 0 N–H and O–H groups in total. The van der Waals surface area contributed by atoms with Crippen LogP contribution in [-0.4, -0.2) is 13.7 Å². The molecule has 0 amide bonds. The summed E-state index contributed by atoms with van der Waals surface area (Å²) in [6.45, 7) is 18.5. The summed E-state index contributed by atoms with van der Waals surface area (Å²) in [5, 5.41) is 3.20. The summed E-state index contributed by atoms with van der Waals surface area (Å²) in [6.07, 6.45) is 0. The van der Waals surface area contributed by atoms with E-state index in [0.717, 1.165) is 16.7 Å². The van der Waals surface area contributed by atoms with Crippen LogP contribution >= 0.6 is 0 Å². The molecule has 3 heteroatoms. The normalized spacial score (nSPS) is 15.9. The van der Waals surface area contributed by atoms with Gasteiger partial charge in [-0.3, -0.25) is 0 Å². The molecule has 0 radical (unpaired) electrons. The Bertz CT molecular complexity index is 3500. The van der Waals surface area contributed by atoms with Crippen molar-refractivity contribution in [2.45, 2.75) is 78.6 Å². The van der Waals surface area contributed by atoms with Crippen LogP contribution < -0.4 is 0 Å². The highest BCUT2D eigenvalue weighted by Crippen LogP contribution is 2.41. The molecule has 0 aliphatic carbocycles. The average Bonchev–Trinajstić information content (AvgIpc) is 3.88. The molecule has 10 rings (SSSR count). The van der Waals surface area contributed by atoms with Crippen LogP contribution in [0.25, 0.3) is 82.5 Å². The monoisotopic (exact) mass is 753 g/mol. The Kier molecular flexibility index (Phi) is 5.26. The molecule has 0 spiro atoms. The van der Waals surface area contributed by atoms with E-state index >= 15 is 0 Å². The first kappa shape index (κ1) is 24.5. The van der Waals surface area contributed by atoms with Crippen LogP contribution in [0.3, 0.4) is 0 Å². The van der Waals surface area contributed by atoms with E-state index in [2.05, 4.69) is 62.3 Å². The Morgan fingerprint density at radius 1 is 0.333 bits per heavy atom. The van der Waals surface area contributed by atoms with E-state index in [1.165, 1.54) is 18.2 Å². The van der Waals surface area contributed by atoms with Crippen molar-refractivity contribution in [3.63, 3.8) is 0 Å². The fourth-order valence-corrected chi connectivity index (χ4v) is 8.22. The zero-order valence-corrected chi connectivity index (χ0v) is 33.8. The van der Waals surface area contributed by atoms with Gasteiger partial charge >= 0.3 is 0 Å². The van der Waals surface area contributed by atoms with E-state index < -0.39 is 0 Å². The lowest BCUT2D eigenvalue weighted by Gasteiger charge is -2.21. The predicted octanol–water partition coefficient (Wildman–Crippen LogP) is 14.9. The lowest BCUT2D eigenvalue weighted by Crippen LogP contribution is -2.11. The van der Waals surface area contributed by atoms with Crippen LogP contribution in [0.2, 0.25) is 0 Å². The Hall–Kier alpha value is -6.06. The van der Waals surface area contributed by atoms with E-state index in [-0.39, 0.29) is 122 Å². The second-order valence-electron chi connectivity index (χ2n) is 18.3. The van der Waals surface area contributed by atoms with Crippen molar-refractivity contribution in [3.05, 3.63) is 162 Å². The zero-order chi connectivity index (χ0) is 50.0. The maximum Gasteiger partial charge on any atom is 0.0667 e. The number of hydrogen-bond acceptors (Lipinski definition) is 0. The Balaban J connectivity index is 1.54. The van der Waals surface area contributed by atoms with Crippen molar-refractivity contribution in [1.82, 2.24) is 13.7 Å². The second-order valence-corrected chi connectivity index (χ2v) is 18.3. The molecular formula is C54H51N3. The molecule has 0 aliphatic rings. The van der Waals surface area contributed by atoms with Crippen molar-refractivity contribution in [3.8, 4) is 17.1 Å². The van der Waals surface area contributed by atoms with Gasteiger partial charge in [0.05, 0.1) is 66.6 Å². The van der Waals surface area contributed by atoms with Gasteiger partial charge in [0.1, 0.15) is 0 Å². The number of benzene rings is 7. The van der Waals surface area contributed by atoms with Gasteiger partial charge in [-0.1, -0.05) is 153 Å². The minimum Gasteiger partial charge on any atom is -0.309 e. The quantitative estimate of drug-likeness (QED) is 0.171. The van der Waals surface area contributed by atoms with E-state index in [4.69, 9.17) is 8.22 Å². The molecule has 57 heavy (non-hydrogen) atoms. The van der Waals surface area contributed by atoms with Crippen LogP contribution in [0.4, 0.5) is 0 Å². The van der Waals surface area contributed by atoms with Crippen LogP contribution in [0.5, 0.6) is 0 Å². The molecule has 282 valence electrons. The van der Waals surface area contributed by atoms with Gasteiger partial charge in [-0.25, -0.2) is 0 Å². The standard InChI is InChI=1S/C54H51N3/c1-52(2,3)34-22-25-43-40-16-10-13-19-46(40)55(49(43)28-34)37-31-38(56-47-20-14-11-17-41(47)44-26-23-35(29-50(44)56)53(4,5)6)33-39(32-37)57-48-21-15-12-18-42(48)45-27-24-36(30-51(45)57)54(7,8)9/h10-33H,1-9H3/i10D,11D,12D,13D,14D,15D,19D,20D,21D,31D,32D,33D. The number of aromatic nitrogens is 3. The minimum absolute atomic E-state index is 0.0823. The van der Waals surface area contributed by atoms with Gasteiger partial charge in [-0.2, -0.15) is 0 Å². The molecule has 3 aromatic heterocycles. The Morgan fingerprint density at radius 2 is 0.596 bits per heavy atom. The molecule has 3 nitrogen and oxygen atoms in total. The fourth-order valence-electron chi connectivity index (χ4n) is 8.22. The Labute approximate surface area is 352 Å². The van der Waals surface area contributed by atoms with Crippen LogP contribution in [0, 0.1) is 0 Å². The molecule has 0 bridgehead atoms. The largest absolute Gasteiger partial charge is 0.309 e. The average molecular weight is 754 g/mol. The van der Waals surface area contributed by atoms with Crippen LogP contribution in [0.15, 0.2) is 145 Å². The lowest BCUT2D eigenvalue weighted by atomic mass is 9.86. The first-order valence-electron chi connectivity index (χ1n) is 25.5. The van der Waals surface area contributed by atoms with Crippen LogP contribution in [0.1, 0.15) is 95.5 Å². The highest BCUT2D eigenvalue weighted by molar-refractivity contribution is 6.12. The molecule has 0 fully saturated rings. The van der Waals surface area contributed by atoms with Crippen LogP contribution in [-0.2, 0) is 16.2 Å². The zero-order valence-electron chi connectivity index (χ0n) is 45.8. The van der Waals surface area contributed by atoms with Crippen molar-refractivity contribution in [2.24, 2.45) is 0 Å². The van der Waals surface area contributed by atoms with E-state index in [0.29, 0.717) is 48.9 Å². The predicted molar refractivity (Wildman–Crippen MR) is 246 cm³/mol. The summed E-state index contributed by atoms with van der Waals surface area (Å²) in [5.74, 6) is 0. The summed E-state index contributed by atoms with van der Waals surface area (Å²) >= 11 is 0. The third-order valence-electron chi connectivity index (χ3n) is 11.4.